The van der Waals surface area contributed by atoms with Crippen molar-refractivity contribution < 1.29 is 5.11 Å². The minimum Gasteiger partial charge on any atom is -0.395 e. The Morgan fingerprint density at radius 1 is 0.926 bits per heavy atom. The van der Waals surface area contributed by atoms with E-state index in [2.05, 4.69) is 36.9 Å². The van der Waals surface area contributed by atoms with Crippen LogP contribution in [-0.2, 0) is 0 Å². The van der Waals surface area contributed by atoms with Gasteiger partial charge in [0, 0.05) is 29.7 Å². The maximum atomic E-state index is 9.92. The lowest BCUT2D eigenvalue weighted by Gasteiger charge is -2.25. The number of unbranched alkanes of at least 4 members (excludes halogenated alkanes) is 5. The van der Waals surface area contributed by atoms with E-state index in [4.69, 9.17) is 11.6 Å². The van der Waals surface area contributed by atoms with Gasteiger partial charge >= 0.3 is 0 Å². The Balaban J connectivity index is 2.03. The highest BCUT2D eigenvalue weighted by atomic mass is 35.5. The van der Waals surface area contributed by atoms with E-state index in [0.717, 1.165) is 29.2 Å². The van der Waals surface area contributed by atoms with E-state index in [-0.39, 0.29) is 12.5 Å². The van der Waals surface area contributed by atoms with Crippen molar-refractivity contribution in [2.75, 3.05) is 24.6 Å². The van der Waals surface area contributed by atoms with Crippen molar-refractivity contribution in [1.82, 2.24) is 0 Å². The summed E-state index contributed by atoms with van der Waals surface area (Å²) in [5.74, 6) is -0.0820. The van der Waals surface area contributed by atoms with Crippen LogP contribution in [0.1, 0.15) is 69.4 Å². The molecule has 2 nitrogen and oxygen atoms in total. The molecule has 0 radical (unpaired) electrons. The van der Waals surface area contributed by atoms with Gasteiger partial charge < -0.3 is 10.0 Å². The Kier molecular flexibility index (Phi) is 9.72. The molecule has 3 heteroatoms. The number of rotatable bonds is 12. The second-order valence-electron chi connectivity index (χ2n) is 7.20. The molecule has 2 rings (SSSR count). The highest BCUT2D eigenvalue weighted by Crippen LogP contribution is 2.33. The molecule has 0 aliphatic carbocycles. The maximum absolute atomic E-state index is 9.92. The van der Waals surface area contributed by atoms with Crippen molar-refractivity contribution in [3.05, 3.63) is 64.7 Å². The van der Waals surface area contributed by atoms with Crippen molar-refractivity contribution in [2.45, 2.75) is 58.3 Å². The lowest BCUT2D eigenvalue weighted by atomic mass is 9.92. The molecule has 0 unspecified atom stereocenters. The molecule has 148 valence electrons. The molecule has 0 aliphatic rings. The third kappa shape index (κ3) is 6.55. The summed E-state index contributed by atoms with van der Waals surface area (Å²) >= 11 is 6.63. The second kappa shape index (κ2) is 12.0. The Hall–Kier alpha value is -1.51. The topological polar surface area (TPSA) is 23.5 Å². The second-order valence-corrected chi connectivity index (χ2v) is 7.61. The molecule has 1 atom stereocenters. The lowest BCUT2D eigenvalue weighted by Crippen LogP contribution is -2.24. The number of hydrogen-bond donors (Lipinski definition) is 1. The standard InChI is InChI=1S/C24H34ClNO/c1-3-5-6-7-8-12-17-26(4-2)21-15-16-22(24(25)18-21)23(19-27)20-13-10-9-11-14-20/h9-11,13-16,18,23,27H,3-8,12,17,19H2,1-2H3/t23-/m1/s1. The summed E-state index contributed by atoms with van der Waals surface area (Å²) in [6, 6.07) is 16.4. The summed E-state index contributed by atoms with van der Waals surface area (Å²) < 4.78 is 0. The van der Waals surface area contributed by atoms with Crippen LogP contribution < -0.4 is 4.90 Å². The molecular formula is C24H34ClNO. The number of nitrogens with zero attached hydrogens (tertiary/aromatic N) is 1. The highest BCUT2D eigenvalue weighted by Gasteiger charge is 2.17. The van der Waals surface area contributed by atoms with Gasteiger partial charge in [-0.05, 0) is 36.6 Å². The van der Waals surface area contributed by atoms with E-state index >= 15 is 0 Å². The molecule has 27 heavy (non-hydrogen) atoms. The smallest absolute Gasteiger partial charge is 0.0541 e. The normalized spacial score (nSPS) is 12.1. The van der Waals surface area contributed by atoms with E-state index < -0.39 is 0 Å². The number of aliphatic hydroxyl groups excluding tert-OH is 1. The van der Waals surface area contributed by atoms with Gasteiger partial charge in [0.1, 0.15) is 0 Å². The molecule has 2 aromatic rings. The Bertz CT molecular complexity index is 659. The molecule has 1 N–H and O–H groups in total. The van der Waals surface area contributed by atoms with Crippen LogP contribution >= 0.6 is 11.6 Å². The van der Waals surface area contributed by atoms with Crippen molar-refractivity contribution in [2.24, 2.45) is 0 Å². The van der Waals surface area contributed by atoms with Gasteiger partial charge in [0.05, 0.1) is 6.61 Å². The van der Waals surface area contributed by atoms with Gasteiger partial charge in [-0.1, -0.05) is 87.0 Å². The van der Waals surface area contributed by atoms with E-state index in [9.17, 15) is 5.11 Å². The Labute approximate surface area is 170 Å². The molecule has 0 saturated carbocycles. The third-order valence-electron chi connectivity index (χ3n) is 5.27. The van der Waals surface area contributed by atoms with Crippen molar-refractivity contribution in [1.29, 1.82) is 0 Å². The van der Waals surface area contributed by atoms with Crippen LogP contribution in [-0.4, -0.2) is 24.8 Å². The van der Waals surface area contributed by atoms with Crippen LogP contribution in [0.25, 0.3) is 0 Å². The first kappa shape index (κ1) is 21.8. The first-order valence-corrected chi connectivity index (χ1v) is 10.8. The largest absolute Gasteiger partial charge is 0.395 e. The minimum absolute atomic E-state index is 0.0539. The average Bonchev–Trinajstić information content (AvgIpc) is 2.70. The fourth-order valence-corrected chi connectivity index (χ4v) is 3.92. The van der Waals surface area contributed by atoms with E-state index in [1.54, 1.807) is 0 Å². The van der Waals surface area contributed by atoms with Crippen LogP contribution in [0.2, 0.25) is 5.02 Å². The fraction of sp³-hybridized carbons (Fsp3) is 0.500. The SMILES string of the molecule is CCCCCCCCN(CC)c1ccc([C@H](CO)c2ccccc2)c(Cl)c1. The number of benzene rings is 2. The van der Waals surface area contributed by atoms with Crippen molar-refractivity contribution in [3.63, 3.8) is 0 Å². The molecule has 0 bridgehead atoms. The van der Waals surface area contributed by atoms with Crippen LogP contribution in [0.5, 0.6) is 0 Å². The van der Waals surface area contributed by atoms with Gasteiger partial charge in [-0.2, -0.15) is 0 Å². The summed E-state index contributed by atoms with van der Waals surface area (Å²) in [6.45, 7) is 6.55. The van der Waals surface area contributed by atoms with Gasteiger partial charge in [-0.3, -0.25) is 0 Å². The number of anilines is 1. The summed E-state index contributed by atoms with van der Waals surface area (Å²) in [5, 5.41) is 10.7. The average molecular weight is 388 g/mol. The number of halogens is 1. The van der Waals surface area contributed by atoms with Gasteiger partial charge in [0.25, 0.3) is 0 Å². The van der Waals surface area contributed by atoms with Gasteiger partial charge in [0.15, 0.2) is 0 Å². The Morgan fingerprint density at radius 3 is 2.26 bits per heavy atom. The van der Waals surface area contributed by atoms with Crippen molar-refractivity contribution in [3.8, 4) is 0 Å². The maximum Gasteiger partial charge on any atom is 0.0541 e. The van der Waals surface area contributed by atoms with E-state index in [1.807, 2.05) is 30.3 Å². The molecule has 0 saturated heterocycles. The zero-order valence-corrected chi connectivity index (χ0v) is 17.6. The Morgan fingerprint density at radius 2 is 1.63 bits per heavy atom. The number of aliphatic hydroxyl groups is 1. The summed E-state index contributed by atoms with van der Waals surface area (Å²) in [7, 11) is 0. The third-order valence-corrected chi connectivity index (χ3v) is 5.60. The van der Waals surface area contributed by atoms with Crippen LogP contribution in [0, 0.1) is 0 Å². The van der Waals surface area contributed by atoms with Gasteiger partial charge in [-0.15, -0.1) is 0 Å². The first-order chi connectivity index (χ1) is 13.2. The van der Waals surface area contributed by atoms with E-state index in [0.29, 0.717) is 0 Å². The van der Waals surface area contributed by atoms with Crippen LogP contribution in [0.3, 0.4) is 0 Å². The van der Waals surface area contributed by atoms with E-state index in [1.165, 1.54) is 44.2 Å². The zero-order valence-electron chi connectivity index (χ0n) is 16.8. The molecule has 0 heterocycles. The monoisotopic (exact) mass is 387 g/mol. The highest BCUT2D eigenvalue weighted by molar-refractivity contribution is 6.31. The van der Waals surface area contributed by atoms with Crippen molar-refractivity contribution >= 4 is 17.3 Å². The fourth-order valence-electron chi connectivity index (χ4n) is 3.62. The molecule has 0 fully saturated rings. The van der Waals surface area contributed by atoms with Gasteiger partial charge in [-0.25, -0.2) is 0 Å². The summed E-state index contributed by atoms with van der Waals surface area (Å²) in [5.41, 5.74) is 3.25. The quantitative estimate of drug-likeness (QED) is 0.412. The summed E-state index contributed by atoms with van der Waals surface area (Å²) in [4.78, 5) is 2.39. The first-order valence-electron chi connectivity index (χ1n) is 10.4. The van der Waals surface area contributed by atoms with Crippen LogP contribution in [0.4, 0.5) is 5.69 Å². The van der Waals surface area contributed by atoms with Gasteiger partial charge in [0.2, 0.25) is 0 Å². The molecule has 0 amide bonds. The molecular weight excluding hydrogens is 354 g/mol. The minimum atomic E-state index is -0.0820. The molecule has 0 aromatic heterocycles. The number of hydrogen-bond acceptors (Lipinski definition) is 2. The summed E-state index contributed by atoms with van der Waals surface area (Å²) in [6.07, 6.45) is 7.85. The molecule has 0 aliphatic heterocycles. The predicted octanol–water partition coefficient (Wildman–Crippen LogP) is 6.65. The lowest BCUT2D eigenvalue weighted by molar-refractivity contribution is 0.280. The predicted molar refractivity (Wildman–Crippen MR) is 118 cm³/mol. The molecule has 2 aromatic carbocycles. The zero-order chi connectivity index (χ0) is 19.5. The molecule has 0 spiro atoms. The van der Waals surface area contributed by atoms with Crippen LogP contribution in [0.15, 0.2) is 48.5 Å².